The second-order valence-corrected chi connectivity index (χ2v) is 4.96. The lowest BCUT2D eigenvalue weighted by Crippen LogP contribution is -2.23. The number of benzene rings is 1. The van der Waals surface area contributed by atoms with Crippen LogP contribution in [0.4, 0.5) is 0 Å². The summed E-state index contributed by atoms with van der Waals surface area (Å²) in [4.78, 5) is 4.21. The lowest BCUT2D eigenvalue weighted by molar-refractivity contribution is 0.0893. The summed E-state index contributed by atoms with van der Waals surface area (Å²) in [6.45, 7) is 0.591. The van der Waals surface area contributed by atoms with Gasteiger partial charge in [-0.3, -0.25) is 9.36 Å². The molecule has 2 heterocycles. The molecule has 7 heteroatoms. The van der Waals surface area contributed by atoms with Crippen molar-refractivity contribution in [3.63, 3.8) is 0 Å². The number of aryl methyl sites for hydroxylation is 1. The minimum atomic E-state index is -0.628. The second kappa shape index (κ2) is 6.40. The number of aliphatic hydroxyl groups is 1. The highest BCUT2D eigenvalue weighted by molar-refractivity contribution is 5.56. The Kier molecular flexibility index (Phi) is 4.15. The molecule has 0 amide bonds. The van der Waals surface area contributed by atoms with Gasteiger partial charge < -0.3 is 9.84 Å². The summed E-state index contributed by atoms with van der Waals surface area (Å²) in [5.41, 5.74) is 0.875. The summed E-state index contributed by atoms with van der Waals surface area (Å²) in [6, 6.07) is 9.31. The van der Waals surface area contributed by atoms with Gasteiger partial charge in [0, 0.05) is 25.0 Å². The van der Waals surface area contributed by atoms with Crippen molar-refractivity contribution >= 4 is 0 Å². The van der Waals surface area contributed by atoms with E-state index >= 15 is 0 Å². The van der Waals surface area contributed by atoms with Gasteiger partial charge in [-0.15, -0.1) is 0 Å². The average molecular weight is 299 g/mol. The number of nitrogens with zero attached hydrogens (tertiary/aromatic N) is 5. The van der Waals surface area contributed by atoms with Crippen molar-refractivity contribution in [3.8, 4) is 17.1 Å². The van der Waals surface area contributed by atoms with E-state index in [4.69, 9.17) is 4.74 Å². The SMILES string of the molecule is Cn1cnc(-c2cccc(OCC(O)Cn3cccn3)c2)n1. The molecule has 0 spiro atoms. The van der Waals surface area contributed by atoms with Crippen molar-refractivity contribution in [2.75, 3.05) is 6.61 Å². The van der Waals surface area contributed by atoms with E-state index < -0.39 is 6.10 Å². The van der Waals surface area contributed by atoms with Crippen molar-refractivity contribution in [1.29, 1.82) is 0 Å². The fourth-order valence-electron chi connectivity index (χ4n) is 2.07. The number of rotatable bonds is 6. The van der Waals surface area contributed by atoms with Crippen LogP contribution < -0.4 is 4.74 Å². The van der Waals surface area contributed by atoms with E-state index in [9.17, 15) is 5.11 Å². The molecule has 0 aliphatic carbocycles. The molecule has 0 fully saturated rings. The summed E-state index contributed by atoms with van der Waals surface area (Å²) in [7, 11) is 1.82. The molecule has 1 aromatic carbocycles. The van der Waals surface area contributed by atoms with E-state index in [2.05, 4.69) is 15.2 Å². The van der Waals surface area contributed by atoms with Crippen LogP contribution in [0.3, 0.4) is 0 Å². The molecule has 3 rings (SSSR count). The molecule has 0 aliphatic heterocycles. The first kappa shape index (κ1) is 14.3. The quantitative estimate of drug-likeness (QED) is 0.738. The first-order valence-electron chi connectivity index (χ1n) is 6.95. The minimum absolute atomic E-state index is 0.193. The van der Waals surface area contributed by atoms with Crippen LogP contribution in [0, 0.1) is 0 Å². The summed E-state index contributed by atoms with van der Waals surface area (Å²) in [5, 5.41) is 18.3. The molecule has 0 saturated heterocycles. The van der Waals surface area contributed by atoms with Crippen molar-refractivity contribution in [2.45, 2.75) is 12.6 Å². The highest BCUT2D eigenvalue weighted by atomic mass is 16.5. The van der Waals surface area contributed by atoms with Gasteiger partial charge in [0.1, 0.15) is 24.8 Å². The molecule has 0 saturated carbocycles. The predicted octanol–water partition coefficient (Wildman–Crippen LogP) is 1.12. The third-order valence-corrected chi connectivity index (χ3v) is 3.09. The van der Waals surface area contributed by atoms with Gasteiger partial charge in [0.05, 0.1) is 6.54 Å². The number of ether oxygens (including phenoxy) is 1. The standard InChI is InChI=1S/C15H17N5O2/c1-19-11-16-15(18-19)12-4-2-5-14(8-12)22-10-13(21)9-20-7-3-6-17-20/h2-8,11,13,21H,9-10H2,1H3. The highest BCUT2D eigenvalue weighted by Gasteiger charge is 2.08. The Morgan fingerprint density at radius 3 is 2.95 bits per heavy atom. The first-order valence-corrected chi connectivity index (χ1v) is 6.95. The summed E-state index contributed by atoms with van der Waals surface area (Å²) in [6.07, 6.45) is 4.50. The largest absolute Gasteiger partial charge is 0.491 e. The molecule has 22 heavy (non-hydrogen) atoms. The second-order valence-electron chi connectivity index (χ2n) is 4.96. The number of aromatic nitrogens is 5. The molecule has 3 aromatic rings. The van der Waals surface area contributed by atoms with E-state index in [-0.39, 0.29) is 6.61 Å². The third kappa shape index (κ3) is 3.50. The monoisotopic (exact) mass is 299 g/mol. The maximum Gasteiger partial charge on any atom is 0.181 e. The van der Waals surface area contributed by atoms with Crippen molar-refractivity contribution in [1.82, 2.24) is 24.5 Å². The van der Waals surface area contributed by atoms with Crippen LogP contribution in [0.2, 0.25) is 0 Å². The Hall–Kier alpha value is -2.67. The molecule has 7 nitrogen and oxygen atoms in total. The van der Waals surface area contributed by atoms with Gasteiger partial charge in [0.2, 0.25) is 0 Å². The van der Waals surface area contributed by atoms with Crippen molar-refractivity contribution in [2.24, 2.45) is 7.05 Å². The normalized spacial score (nSPS) is 12.3. The zero-order valence-electron chi connectivity index (χ0n) is 12.2. The highest BCUT2D eigenvalue weighted by Crippen LogP contribution is 2.20. The fraction of sp³-hybridized carbons (Fsp3) is 0.267. The van der Waals surface area contributed by atoms with E-state index in [1.165, 1.54) is 0 Å². The van der Waals surface area contributed by atoms with Crippen LogP contribution in [-0.2, 0) is 13.6 Å². The zero-order valence-corrected chi connectivity index (χ0v) is 12.2. The van der Waals surface area contributed by atoms with Crippen LogP contribution >= 0.6 is 0 Å². The molecule has 0 radical (unpaired) electrons. The fourth-order valence-corrected chi connectivity index (χ4v) is 2.07. The molecule has 0 aliphatic rings. The Morgan fingerprint density at radius 1 is 1.32 bits per heavy atom. The van der Waals surface area contributed by atoms with Gasteiger partial charge in [0.15, 0.2) is 5.82 Å². The maximum atomic E-state index is 9.96. The Bertz CT molecular complexity index is 723. The smallest absolute Gasteiger partial charge is 0.181 e. The number of aliphatic hydroxyl groups excluding tert-OH is 1. The lowest BCUT2D eigenvalue weighted by atomic mass is 10.2. The molecule has 1 unspecified atom stereocenters. The van der Waals surface area contributed by atoms with Gasteiger partial charge in [-0.1, -0.05) is 12.1 Å². The third-order valence-electron chi connectivity index (χ3n) is 3.09. The van der Waals surface area contributed by atoms with Crippen LogP contribution in [0.15, 0.2) is 49.1 Å². The maximum absolute atomic E-state index is 9.96. The molecule has 1 atom stereocenters. The first-order chi connectivity index (χ1) is 10.7. The number of hydrogen-bond donors (Lipinski definition) is 1. The van der Waals surface area contributed by atoms with E-state index in [1.54, 1.807) is 28.1 Å². The Morgan fingerprint density at radius 2 is 2.23 bits per heavy atom. The van der Waals surface area contributed by atoms with Gasteiger partial charge in [0.25, 0.3) is 0 Å². The van der Waals surface area contributed by atoms with Crippen LogP contribution in [0.1, 0.15) is 0 Å². The summed E-state index contributed by atoms with van der Waals surface area (Å²) >= 11 is 0. The van der Waals surface area contributed by atoms with Crippen LogP contribution in [0.5, 0.6) is 5.75 Å². The average Bonchev–Trinajstić information content (AvgIpc) is 3.17. The van der Waals surface area contributed by atoms with Gasteiger partial charge in [-0.25, -0.2) is 4.98 Å². The molecular formula is C15H17N5O2. The molecule has 2 aromatic heterocycles. The predicted molar refractivity (Wildman–Crippen MR) is 80.2 cm³/mol. The number of hydrogen-bond acceptors (Lipinski definition) is 5. The van der Waals surface area contributed by atoms with Gasteiger partial charge in [-0.2, -0.15) is 10.2 Å². The van der Waals surface area contributed by atoms with Gasteiger partial charge in [-0.05, 0) is 18.2 Å². The zero-order chi connectivity index (χ0) is 15.4. The summed E-state index contributed by atoms with van der Waals surface area (Å²) < 4.78 is 8.95. The minimum Gasteiger partial charge on any atom is -0.491 e. The van der Waals surface area contributed by atoms with E-state index in [0.29, 0.717) is 18.1 Å². The van der Waals surface area contributed by atoms with Crippen molar-refractivity contribution in [3.05, 3.63) is 49.1 Å². The topological polar surface area (TPSA) is 78.0 Å². The molecule has 1 N–H and O–H groups in total. The molecular weight excluding hydrogens is 282 g/mol. The van der Waals surface area contributed by atoms with Gasteiger partial charge >= 0.3 is 0 Å². The Labute approximate surface area is 127 Å². The van der Waals surface area contributed by atoms with Crippen LogP contribution in [-0.4, -0.2) is 42.4 Å². The molecule has 114 valence electrons. The Balaban J connectivity index is 1.61. The van der Waals surface area contributed by atoms with Crippen LogP contribution in [0.25, 0.3) is 11.4 Å². The summed E-state index contributed by atoms with van der Waals surface area (Å²) in [5.74, 6) is 1.31. The van der Waals surface area contributed by atoms with E-state index in [0.717, 1.165) is 5.56 Å². The van der Waals surface area contributed by atoms with Crippen molar-refractivity contribution < 1.29 is 9.84 Å². The molecule has 0 bridgehead atoms. The lowest BCUT2D eigenvalue weighted by Gasteiger charge is -2.12. The van der Waals surface area contributed by atoms with E-state index in [1.807, 2.05) is 37.4 Å².